The number of thioether (sulfide) groups is 1. The summed E-state index contributed by atoms with van der Waals surface area (Å²) in [5.74, 6) is 1.30. The van der Waals surface area contributed by atoms with Crippen molar-refractivity contribution in [2.24, 2.45) is 0 Å². The highest BCUT2D eigenvalue weighted by molar-refractivity contribution is 7.99. The molecule has 0 aromatic rings. The van der Waals surface area contributed by atoms with Crippen LogP contribution in [0.15, 0.2) is 0 Å². The monoisotopic (exact) mass is 249 g/mol. The molecule has 1 unspecified atom stereocenters. The maximum Gasteiger partial charge on any atom is 0.326 e. The Balaban J connectivity index is 4.13. The molecular weight excluding hydrogens is 226 g/mol. The molecule has 0 aliphatic rings. The molecular formula is C11H23NO3S. The molecule has 0 aliphatic carbocycles. The van der Waals surface area contributed by atoms with Crippen molar-refractivity contribution < 1.29 is 14.6 Å². The predicted molar refractivity (Wildman–Crippen MR) is 67.7 cm³/mol. The van der Waals surface area contributed by atoms with E-state index in [1.807, 2.05) is 6.92 Å². The molecule has 4 nitrogen and oxygen atoms in total. The Kier molecular flexibility index (Phi) is 8.70. The molecule has 2 N–H and O–H groups in total. The number of carbonyl (C=O) groups excluding carboxylic acids is 1. The fraction of sp³-hybridized carbons (Fsp3) is 0.909. The summed E-state index contributed by atoms with van der Waals surface area (Å²) in [5, 5.41) is 11.9. The first-order chi connectivity index (χ1) is 7.60. The van der Waals surface area contributed by atoms with Gasteiger partial charge in [-0.2, -0.15) is 11.8 Å². The Morgan fingerprint density at radius 3 is 2.75 bits per heavy atom. The second-order valence-corrected chi connectivity index (χ2v) is 4.99. The van der Waals surface area contributed by atoms with Crippen molar-refractivity contribution in [1.82, 2.24) is 5.32 Å². The molecule has 0 rings (SSSR count). The average Bonchev–Trinajstić information content (AvgIpc) is 2.31. The van der Waals surface area contributed by atoms with E-state index in [0.29, 0.717) is 5.75 Å². The van der Waals surface area contributed by atoms with E-state index in [1.165, 1.54) is 7.11 Å². The maximum atomic E-state index is 11.7. The zero-order valence-corrected chi connectivity index (χ0v) is 11.2. The van der Waals surface area contributed by atoms with Crippen molar-refractivity contribution in [2.45, 2.75) is 32.2 Å². The molecule has 0 amide bonds. The number of carbonyl (C=O) groups is 1. The van der Waals surface area contributed by atoms with E-state index in [0.717, 1.165) is 25.1 Å². The van der Waals surface area contributed by atoms with Gasteiger partial charge in [0.15, 0.2) is 0 Å². The van der Waals surface area contributed by atoms with E-state index >= 15 is 0 Å². The van der Waals surface area contributed by atoms with Gasteiger partial charge in [0.25, 0.3) is 0 Å². The molecule has 5 heteroatoms. The molecule has 0 aliphatic heterocycles. The van der Waals surface area contributed by atoms with E-state index in [4.69, 9.17) is 9.84 Å². The summed E-state index contributed by atoms with van der Waals surface area (Å²) < 4.78 is 4.81. The molecule has 0 heterocycles. The second-order valence-electron chi connectivity index (χ2n) is 3.88. The van der Waals surface area contributed by atoms with Crippen LogP contribution in [0, 0.1) is 0 Å². The van der Waals surface area contributed by atoms with Gasteiger partial charge in [0.05, 0.1) is 7.11 Å². The van der Waals surface area contributed by atoms with Crippen LogP contribution < -0.4 is 5.32 Å². The Morgan fingerprint density at radius 1 is 1.56 bits per heavy atom. The van der Waals surface area contributed by atoms with E-state index in [9.17, 15) is 4.79 Å². The molecule has 0 aromatic heterocycles. The highest BCUT2D eigenvalue weighted by atomic mass is 32.2. The van der Waals surface area contributed by atoms with Gasteiger partial charge in [0.1, 0.15) is 5.54 Å². The van der Waals surface area contributed by atoms with Gasteiger partial charge in [-0.1, -0.05) is 6.92 Å². The lowest BCUT2D eigenvalue weighted by molar-refractivity contribution is -0.146. The van der Waals surface area contributed by atoms with Crippen molar-refractivity contribution in [3.8, 4) is 0 Å². The van der Waals surface area contributed by atoms with Gasteiger partial charge in [0, 0.05) is 12.4 Å². The Hall–Kier alpha value is -0.260. The number of ether oxygens (including phenoxy) is 1. The number of rotatable bonds is 9. The van der Waals surface area contributed by atoms with Gasteiger partial charge in [-0.05, 0) is 32.1 Å². The predicted octanol–water partition coefficient (Wildman–Crippen LogP) is 1.03. The third-order valence-corrected chi connectivity index (χ3v) is 3.60. The van der Waals surface area contributed by atoms with Gasteiger partial charge in [0.2, 0.25) is 0 Å². The minimum absolute atomic E-state index is 0.199. The average molecular weight is 249 g/mol. The number of aliphatic hydroxyl groups is 1. The fourth-order valence-electron chi connectivity index (χ4n) is 1.25. The Bertz CT molecular complexity index is 202. The first-order valence-electron chi connectivity index (χ1n) is 5.62. The summed E-state index contributed by atoms with van der Waals surface area (Å²) in [6.07, 6.45) is 1.74. The van der Waals surface area contributed by atoms with Crippen molar-refractivity contribution in [3.05, 3.63) is 0 Å². The smallest absolute Gasteiger partial charge is 0.326 e. The standard InChI is InChI=1S/C11H23NO3S/c1-4-6-12-11(2,10(14)15-3)9-16-8-5-7-13/h12-13H,4-9H2,1-3H3. The fourth-order valence-corrected chi connectivity index (χ4v) is 2.36. The molecule has 1 atom stereocenters. The van der Waals surface area contributed by atoms with Crippen LogP contribution in [0.25, 0.3) is 0 Å². The molecule has 0 saturated carbocycles. The lowest BCUT2D eigenvalue weighted by Gasteiger charge is -2.27. The summed E-state index contributed by atoms with van der Waals surface area (Å²) in [5.41, 5.74) is -0.620. The molecule has 96 valence electrons. The van der Waals surface area contributed by atoms with E-state index < -0.39 is 5.54 Å². The summed E-state index contributed by atoms with van der Waals surface area (Å²) in [7, 11) is 1.41. The van der Waals surface area contributed by atoms with Crippen molar-refractivity contribution in [3.63, 3.8) is 0 Å². The molecule has 0 spiro atoms. The van der Waals surface area contributed by atoms with Crippen molar-refractivity contribution >= 4 is 17.7 Å². The van der Waals surface area contributed by atoms with Gasteiger partial charge in [-0.25, -0.2) is 0 Å². The van der Waals surface area contributed by atoms with Crippen molar-refractivity contribution in [2.75, 3.05) is 31.8 Å². The summed E-state index contributed by atoms with van der Waals surface area (Å²) in [6.45, 7) is 4.92. The van der Waals surface area contributed by atoms with E-state index in [1.54, 1.807) is 11.8 Å². The number of hydrogen-bond acceptors (Lipinski definition) is 5. The van der Waals surface area contributed by atoms with E-state index in [-0.39, 0.29) is 12.6 Å². The van der Waals surface area contributed by atoms with E-state index in [2.05, 4.69) is 12.2 Å². The summed E-state index contributed by atoms with van der Waals surface area (Å²) in [6, 6.07) is 0. The quantitative estimate of drug-likeness (QED) is 0.472. The lowest BCUT2D eigenvalue weighted by atomic mass is 10.1. The largest absolute Gasteiger partial charge is 0.468 e. The topological polar surface area (TPSA) is 58.6 Å². The SMILES string of the molecule is CCCNC(C)(CSCCCO)C(=O)OC. The zero-order valence-electron chi connectivity index (χ0n) is 10.4. The van der Waals surface area contributed by atoms with Crippen LogP contribution in [-0.4, -0.2) is 48.4 Å². The third kappa shape index (κ3) is 5.72. The third-order valence-electron chi connectivity index (χ3n) is 2.24. The summed E-state index contributed by atoms with van der Waals surface area (Å²) in [4.78, 5) is 11.7. The van der Waals surface area contributed by atoms with Gasteiger partial charge >= 0.3 is 5.97 Å². The lowest BCUT2D eigenvalue weighted by Crippen LogP contribution is -2.52. The van der Waals surface area contributed by atoms with Gasteiger partial charge in [-0.15, -0.1) is 0 Å². The first kappa shape index (κ1) is 15.7. The van der Waals surface area contributed by atoms with Crippen LogP contribution in [0.3, 0.4) is 0 Å². The van der Waals surface area contributed by atoms with Crippen LogP contribution in [-0.2, 0) is 9.53 Å². The number of methoxy groups -OCH3 is 1. The summed E-state index contributed by atoms with van der Waals surface area (Å²) >= 11 is 1.66. The van der Waals surface area contributed by atoms with Gasteiger partial charge < -0.3 is 15.2 Å². The van der Waals surface area contributed by atoms with Crippen LogP contribution >= 0.6 is 11.8 Å². The number of nitrogens with one attached hydrogen (secondary N) is 1. The number of hydrogen-bond donors (Lipinski definition) is 2. The maximum absolute atomic E-state index is 11.7. The minimum atomic E-state index is -0.620. The Labute approximate surface area is 102 Å². The molecule has 0 bridgehead atoms. The first-order valence-corrected chi connectivity index (χ1v) is 6.78. The van der Waals surface area contributed by atoms with Crippen LogP contribution in [0.1, 0.15) is 26.7 Å². The van der Waals surface area contributed by atoms with Crippen LogP contribution in [0.2, 0.25) is 0 Å². The molecule has 0 aromatic carbocycles. The zero-order chi connectivity index (χ0) is 12.4. The Morgan fingerprint density at radius 2 is 2.25 bits per heavy atom. The molecule has 0 fully saturated rings. The van der Waals surface area contributed by atoms with Crippen LogP contribution in [0.4, 0.5) is 0 Å². The van der Waals surface area contributed by atoms with Crippen molar-refractivity contribution in [1.29, 1.82) is 0 Å². The number of esters is 1. The van der Waals surface area contributed by atoms with Gasteiger partial charge in [-0.3, -0.25) is 4.79 Å². The highest BCUT2D eigenvalue weighted by Gasteiger charge is 2.33. The van der Waals surface area contributed by atoms with Crippen LogP contribution in [0.5, 0.6) is 0 Å². The second kappa shape index (κ2) is 8.84. The minimum Gasteiger partial charge on any atom is -0.468 e. The highest BCUT2D eigenvalue weighted by Crippen LogP contribution is 2.15. The molecule has 0 radical (unpaired) electrons. The molecule has 16 heavy (non-hydrogen) atoms. The molecule has 0 saturated heterocycles. The normalized spacial score (nSPS) is 14.5. The number of aliphatic hydroxyl groups excluding tert-OH is 1.